The van der Waals surface area contributed by atoms with Crippen LogP contribution >= 0.6 is 11.6 Å². The molecule has 2 aromatic carbocycles. The summed E-state index contributed by atoms with van der Waals surface area (Å²) in [5, 5.41) is 3.76. The van der Waals surface area contributed by atoms with Crippen molar-refractivity contribution in [3.8, 4) is 11.5 Å². The number of likely N-dealkylation sites (tertiary alicyclic amines) is 1. The van der Waals surface area contributed by atoms with E-state index in [2.05, 4.69) is 16.3 Å². The van der Waals surface area contributed by atoms with Crippen molar-refractivity contribution in [3.63, 3.8) is 0 Å². The SMILES string of the molecule is COc1ccc(NC(=O)C2CCN(Cc3cccc(Cl)c3)CC2)c(OC)c1. The average molecular weight is 389 g/mol. The molecule has 5 nitrogen and oxygen atoms in total. The van der Waals surface area contributed by atoms with Crippen molar-refractivity contribution in [2.24, 2.45) is 5.92 Å². The van der Waals surface area contributed by atoms with Crippen molar-refractivity contribution in [2.45, 2.75) is 19.4 Å². The molecule has 6 heteroatoms. The topological polar surface area (TPSA) is 50.8 Å². The first-order chi connectivity index (χ1) is 13.1. The molecule has 0 aliphatic carbocycles. The van der Waals surface area contributed by atoms with Crippen molar-refractivity contribution in [3.05, 3.63) is 53.1 Å². The van der Waals surface area contributed by atoms with Crippen LogP contribution < -0.4 is 14.8 Å². The highest BCUT2D eigenvalue weighted by Gasteiger charge is 2.25. The van der Waals surface area contributed by atoms with Crippen LogP contribution in [0.1, 0.15) is 18.4 Å². The predicted octanol–water partition coefficient (Wildman–Crippen LogP) is 4.21. The van der Waals surface area contributed by atoms with E-state index < -0.39 is 0 Å². The summed E-state index contributed by atoms with van der Waals surface area (Å²) in [6.07, 6.45) is 1.68. The zero-order valence-corrected chi connectivity index (χ0v) is 16.5. The highest BCUT2D eigenvalue weighted by atomic mass is 35.5. The molecular weight excluding hydrogens is 364 g/mol. The van der Waals surface area contributed by atoms with E-state index >= 15 is 0 Å². The number of halogens is 1. The lowest BCUT2D eigenvalue weighted by molar-refractivity contribution is -0.121. The third kappa shape index (κ3) is 5.15. The lowest BCUT2D eigenvalue weighted by Gasteiger charge is -2.31. The van der Waals surface area contributed by atoms with Crippen LogP contribution in [0.15, 0.2) is 42.5 Å². The minimum absolute atomic E-state index is 0.00687. The summed E-state index contributed by atoms with van der Waals surface area (Å²) in [5.74, 6) is 1.34. The van der Waals surface area contributed by atoms with E-state index in [0.717, 1.165) is 37.5 Å². The number of hydrogen-bond donors (Lipinski definition) is 1. The zero-order chi connectivity index (χ0) is 19.2. The second kappa shape index (κ2) is 9.11. The minimum atomic E-state index is 0.00687. The van der Waals surface area contributed by atoms with Gasteiger partial charge in [-0.1, -0.05) is 23.7 Å². The summed E-state index contributed by atoms with van der Waals surface area (Å²) in [4.78, 5) is 15.0. The number of benzene rings is 2. The van der Waals surface area contributed by atoms with Crippen molar-refractivity contribution in [1.29, 1.82) is 0 Å². The van der Waals surface area contributed by atoms with E-state index in [9.17, 15) is 4.79 Å². The molecule has 144 valence electrons. The maximum atomic E-state index is 12.7. The van der Waals surface area contributed by atoms with Crippen LogP contribution in [0.25, 0.3) is 0 Å². The Morgan fingerprint density at radius 1 is 1.15 bits per heavy atom. The molecule has 1 aliphatic rings. The maximum Gasteiger partial charge on any atom is 0.227 e. The van der Waals surface area contributed by atoms with Gasteiger partial charge in [0.2, 0.25) is 5.91 Å². The lowest BCUT2D eigenvalue weighted by atomic mass is 9.95. The van der Waals surface area contributed by atoms with Gasteiger partial charge in [0.05, 0.1) is 19.9 Å². The van der Waals surface area contributed by atoms with E-state index in [0.29, 0.717) is 17.2 Å². The number of methoxy groups -OCH3 is 2. The number of anilines is 1. The van der Waals surface area contributed by atoms with Crippen LogP contribution in [0.3, 0.4) is 0 Å². The Balaban J connectivity index is 1.54. The van der Waals surface area contributed by atoms with Gasteiger partial charge in [-0.15, -0.1) is 0 Å². The molecule has 1 saturated heterocycles. The summed E-state index contributed by atoms with van der Waals surface area (Å²) in [5.41, 5.74) is 1.87. The Morgan fingerprint density at radius 3 is 2.59 bits per heavy atom. The third-order valence-corrected chi connectivity index (χ3v) is 5.16. The number of rotatable bonds is 6. The second-order valence-electron chi connectivity index (χ2n) is 6.74. The maximum absolute atomic E-state index is 12.7. The summed E-state index contributed by atoms with van der Waals surface area (Å²) in [6.45, 7) is 2.65. The number of carbonyl (C=O) groups excluding carboxylic acids is 1. The molecule has 0 aromatic heterocycles. The Kier molecular flexibility index (Phi) is 6.58. The van der Waals surface area contributed by atoms with Gasteiger partial charge >= 0.3 is 0 Å². The number of nitrogens with one attached hydrogen (secondary N) is 1. The molecule has 0 saturated carbocycles. The van der Waals surface area contributed by atoms with E-state index in [1.165, 1.54) is 5.56 Å². The molecular formula is C21H25ClN2O3. The van der Waals surface area contributed by atoms with Gasteiger partial charge in [-0.25, -0.2) is 0 Å². The Morgan fingerprint density at radius 2 is 1.93 bits per heavy atom. The second-order valence-corrected chi connectivity index (χ2v) is 7.17. The summed E-state index contributed by atoms with van der Waals surface area (Å²) < 4.78 is 10.5. The fourth-order valence-electron chi connectivity index (χ4n) is 3.38. The molecule has 1 aliphatic heterocycles. The van der Waals surface area contributed by atoms with Gasteiger partial charge in [0.25, 0.3) is 0 Å². The van der Waals surface area contributed by atoms with Gasteiger partial charge in [-0.3, -0.25) is 9.69 Å². The molecule has 27 heavy (non-hydrogen) atoms. The molecule has 0 atom stereocenters. The van der Waals surface area contributed by atoms with E-state index in [1.807, 2.05) is 30.3 Å². The first-order valence-electron chi connectivity index (χ1n) is 9.08. The average Bonchev–Trinajstić information content (AvgIpc) is 2.69. The largest absolute Gasteiger partial charge is 0.497 e. The van der Waals surface area contributed by atoms with Gasteiger partial charge in [-0.2, -0.15) is 0 Å². The monoisotopic (exact) mass is 388 g/mol. The normalized spacial score (nSPS) is 15.4. The van der Waals surface area contributed by atoms with Gasteiger partial charge in [0, 0.05) is 23.6 Å². The number of nitrogens with zero attached hydrogens (tertiary/aromatic N) is 1. The molecule has 0 unspecified atom stereocenters. The third-order valence-electron chi connectivity index (χ3n) is 4.92. The molecule has 3 rings (SSSR count). The lowest BCUT2D eigenvalue weighted by Crippen LogP contribution is -2.37. The molecule has 0 radical (unpaired) electrons. The Hall–Kier alpha value is -2.24. The fraction of sp³-hybridized carbons (Fsp3) is 0.381. The minimum Gasteiger partial charge on any atom is -0.497 e. The van der Waals surface area contributed by atoms with Crippen LogP contribution in [-0.2, 0) is 11.3 Å². The summed E-state index contributed by atoms with van der Waals surface area (Å²) in [6, 6.07) is 13.3. The first-order valence-corrected chi connectivity index (χ1v) is 9.46. The van der Waals surface area contributed by atoms with Crippen LogP contribution in [-0.4, -0.2) is 38.1 Å². The molecule has 1 fully saturated rings. The Bertz CT molecular complexity index is 789. The van der Waals surface area contributed by atoms with Crippen LogP contribution in [0.4, 0.5) is 5.69 Å². The molecule has 1 amide bonds. The van der Waals surface area contributed by atoms with Gasteiger partial charge < -0.3 is 14.8 Å². The standard InChI is InChI=1S/C21H25ClN2O3/c1-26-18-6-7-19(20(13-18)27-2)23-21(25)16-8-10-24(11-9-16)14-15-4-3-5-17(22)12-15/h3-7,12-13,16H,8-11,14H2,1-2H3,(H,23,25). The van der Waals surface area contributed by atoms with Crippen molar-refractivity contribution >= 4 is 23.2 Å². The fourth-order valence-corrected chi connectivity index (χ4v) is 3.60. The molecule has 0 spiro atoms. The zero-order valence-electron chi connectivity index (χ0n) is 15.7. The summed E-state index contributed by atoms with van der Waals surface area (Å²) >= 11 is 6.06. The van der Waals surface area contributed by atoms with E-state index in [-0.39, 0.29) is 11.8 Å². The van der Waals surface area contributed by atoms with Crippen LogP contribution in [0.2, 0.25) is 5.02 Å². The smallest absolute Gasteiger partial charge is 0.227 e. The van der Waals surface area contributed by atoms with Gasteiger partial charge in [-0.05, 0) is 55.8 Å². The number of piperidine rings is 1. The molecule has 1 heterocycles. The molecule has 2 aromatic rings. The number of ether oxygens (including phenoxy) is 2. The van der Waals surface area contributed by atoms with Crippen molar-refractivity contribution in [2.75, 3.05) is 32.6 Å². The van der Waals surface area contributed by atoms with Crippen molar-refractivity contribution in [1.82, 2.24) is 4.90 Å². The molecule has 1 N–H and O–H groups in total. The van der Waals surface area contributed by atoms with Gasteiger partial charge in [0.15, 0.2) is 0 Å². The van der Waals surface area contributed by atoms with E-state index in [4.69, 9.17) is 21.1 Å². The number of carbonyl (C=O) groups is 1. The van der Waals surface area contributed by atoms with Crippen LogP contribution in [0.5, 0.6) is 11.5 Å². The van der Waals surface area contributed by atoms with Gasteiger partial charge in [0.1, 0.15) is 11.5 Å². The quantitative estimate of drug-likeness (QED) is 0.805. The number of hydrogen-bond acceptors (Lipinski definition) is 4. The van der Waals surface area contributed by atoms with Crippen LogP contribution in [0, 0.1) is 5.92 Å². The highest BCUT2D eigenvalue weighted by molar-refractivity contribution is 6.30. The molecule has 0 bridgehead atoms. The number of amides is 1. The Labute approximate surface area is 165 Å². The summed E-state index contributed by atoms with van der Waals surface area (Å²) in [7, 11) is 3.18. The predicted molar refractivity (Wildman–Crippen MR) is 108 cm³/mol. The first kappa shape index (κ1) is 19.5. The van der Waals surface area contributed by atoms with Crippen molar-refractivity contribution < 1.29 is 14.3 Å². The highest BCUT2D eigenvalue weighted by Crippen LogP contribution is 2.30. The van der Waals surface area contributed by atoms with E-state index in [1.54, 1.807) is 20.3 Å².